The number of carbonyl (C=O) groups excluding carboxylic acids is 1. The molecule has 0 aliphatic heterocycles. The molecule has 0 atom stereocenters. The Hall–Kier alpha value is -0.0100. The number of amides is 1. The van der Waals surface area contributed by atoms with E-state index in [2.05, 4.69) is 11.7 Å². The van der Waals surface area contributed by atoms with E-state index in [0.717, 1.165) is 0 Å². The molecule has 0 fully saturated rings. The minimum atomic E-state index is -3.68. The summed E-state index contributed by atoms with van der Waals surface area (Å²) in [7, 11) is -3.68. The molecule has 0 aromatic heterocycles. The van der Waals surface area contributed by atoms with E-state index in [1.807, 2.05) is 0 Å². The molecular formula is C7H8NNaO3S2. The second-order valence-electron chi connectivity index (χ2n) is 2.34. The van der Waals surface area contributed by atoms with Crippen LogP contribution in [-0.2, 0) is 8.87 Å². The van der Waals surface area contributed by atoms with E-state index in [1.54, 1.807) is 0 Å². The van der Waals surface area contributed by atoms with Gasteiger partial charge in [-0.1, -0.05) is 12.1 Å². The number of nitrogens with two attached hydrogens (primary N) is 1. The van der Waals surface area contributed by atoms with E-state index in [4.69, 9.17) is 5.73 Å². The number of carbonyl (C=O) groups is 1. The van der Waals surface area contributed by atoms with Crippen molar-refractivity contribution in [1.82, 2.24) is 0 Å². The number of thiol groups is 1. The Morgan fingerprint density at radius 3 is 2.14 bits per heavy atom. The molecule has 0 aliphatic rings. The van der Waals surface area contributed by atoms with E-state index in [-0.39, 0.29) is 40.0 Å². The van der Waals surface area contributed by atoms with Crippen LogP contribution in [0.4, 0.5) is 0 Å². The Kier molecular flexibility index (Phi) is 5.17. The van der Waals surface area contributed by atoms with Crippen LogP contribution in [0, 0.1) is 0 Å². The van der Waals surface area contributed by atoms with Crippen LogP contribution in [-0.4, -0.2) is 43.9 Å². The average Bonchev–Trinajstić information content (AvgIpc) is 2.03. The zero-order valence-corrected chi connectivity index (χ0v) is 8.18. The first-order valence-corrected chi connectivity index (χ1v) is 5.83. The molecule has 7 heteroatoms. The summed E-state index contributed by atoms with van der Waals surface area (Å²) < 4.78 is 22.0. The third kappa shape index (κ3) is 3.29. The first kappa shape index (κ1) is 14.0. The van der Waals surface area contributed by atoms with Crippen molar-refractivity contribution in [2.24, 2.45) is 5.73 Å². The van der Waals surface area contributed by atoms with Gasteiger partial charge in [0, 0.05) is 0 Å². The summed E-state index contributed by atoms with van der Waals surface area (Å²) in [6.45, 7) is 0. The van der Waals surface area contributed by atoms with E-state index >= 15 is 0 Å². The first-order chi connectivity index (χ1) is 5.93. The van der Waals surface area contributed by atoms with Gasteiger partial charge in [-0.2, -0.15) is 0 Å². The number of hydrogen-bond acceptors (Lipinski definition) is 3. The summed E-state index contributed by atoms with van der Waals surface area (Å²) in [6, 6.07) is 5.64. The van der Waals surface area contributed by atoms with Gasteiger partial charge >= 0.3 is 29.6 Å². The molecule has 0 bridgehead atoms. The van der Waals surface area contributed by atoms with Gasteiger partial charge in [0.05, 0.1) is 10.5 Å². The molecule has 0 heterocycles. The first-order valence-electron chi connectivity index (χ1n) is 3.29. The van der Waals surface area contributed by atoms with Crippen LogP contribution in [0.1, 0.15) is 10.4 Å². The summed E-state index contributed by atoms with van der Waals surface area (Å²) in [4.78, 5) is 10.6. The fourth-order valence-electron chi connectivity index (χ4n) is 0.895. The summed E-state index contributed by atoms with van der Waals surface area (Å²) in [5.41, 5.74) is 4.93. The van der Waals surface area contributed by atoms with Gasteiger partial charge in [-0.25, -0.2) is 8.42 Å². The zero-order valence-electron chi connectivity index (χ0n) is 6.47. The van der Waals surface area contributed by atoms with Crippen LogP contribution in [0.2, 0.25) is 0 Å². The Morgan fingerprint density at radius 2 is 1.79 bits per heavy atom. The van der Waals surface area contributed by atoms with Gasteiger partial charge in [0.25, 0.3) is 0 Å². The molecule has 0 saturated carbocycles. The standard InChI is InChI=1S/C7H7NO3S2.Na.H/c8-7(9)5-3-1-2-4-6(5)13(10,11)12;;/h1-4H,(H2,8,9)(H,10,11,12);;. The molecule has 1 amide bonds. The van der Waals surface area contributed by atoms with Crippen molar-refractivity contribution < 1.29 is 13.2 Å². The second kappa shape index (κ2) is 5.18. The number of benzene rings is 1. The SMILES string of the molecule is NC(=O)c1ccccc1S(=O)(=O)S.[NaH]. The Balaban J connectivity index is 0.00000169. The zero-order chi connectivity index (χ0) is 10.1. The number of hydrogen-bond donors (Lipinski definition) is 2. The molecule has 0 unspecified atom stereocenters. The van der Waals surface area contributed by atoms with Crippen LogP contribution in [0.3, 0.4) is 0 Å². The number of rotatable bonds is 2. The van der Waals surface area contributed by atoms with Gasteiger partial charge in [0.2, 0.25) is 14.8 Å². The molecular weight excluding hydrogens is 233 g/mol. The summed E-state index contributed by atoms with van der Waals surface area (Å²) in [5.74, 6) is -0.784. The summed E-state index contributed by atoms with van der Waals surface area (Å²) in [6.07, 6.45) is 0. The second-order valence-corrected chi connectivity index (χ2v) is 5.17. The summed E-state index contributed by atoms with van der Waals surface area (Å²) in [5, 5.41) is 0. The van der Waals surface area contributed by atoms with Crippen LogP contribution < -0.4 is 5.73 Å². The Labute approximate surface area is 109 Å². The van der Waals surface area contributed by atoms with Crippen molar-refractivity contribution >= 4 is 56.0 Å². The topological polar surface area (TPSA) is 77.2 Å². The van der Waals surface area contributed by atoms with E-state index < -0.39 is 14.8 Å². The molecule has 0 spiro atoms. The van der Waals surface area contributed by atoms with Crippen molar-refractivity contribution in [3.8, 4) is 0 Å². The van der Waals surface area contributed by atoms with E-state index in [9.17, 15) is 13.2 Å². The fraction of sp³-hybridized carbons (Fsp3) is 0. The van der Waals surface area contributed by atoms with Gasteiger partial charge in [-0.15, -0.1) is 0 Å². The molecule has 4 nitrogen and oxygen atoms in total. The fourth-order valence-corrected chi connectivity index (χ4v) is 2.07. The monoisotopic (exact) mass is 241 g/mol. The predicted molar refractivity (Wildman–Crippen MR) is 58.3 cm³/mol. The molecule has 14 heavy (non-hydrogen) atoms. The average molecular weight is 241 g/mol. The van der Waals surface area contributed by atoms with Gasteiger partial charge < -0.3 is 5.73 Å². The van der Waals surface area contributed by atoms with Crippen molar-refractivity contribution in [3.05, 3.63) is 29.8 Å². The van der Waals surface area contributed by atoms with E-state index in [0.29, 0.717) is 0 Å². The van der Waals surface area contributed by atoms with Crippen molar-refractivity contribution in [2.75, 3.05) is 0 Å². The Morgan fingerprint density at radius 1 is 1.29 bits per heavy atom. The van der Waals surface area contributed by atoms with Gasteiger partial charge in [0.15, 0.2) is 0 Å². The number of primary amides is 1. The minimum absolute atomic E-state index is 0. The van der Waals surface area contributed by atoms with Crippen molar-refractivity contribution in [3.63, 3.8) is 0 Å². The third-order valence-electron chi connectivity index (χ3n) is 1.43. The van der Waals surface area contributed by atoms with Crippen LogP contribution in [0.5, 0.6) is 0 Å². The van der Waals surface area contributed by atoms with Crippen molar-refractivity contribution in [1.29, 1.82) is 0 Å². The van der Waals surface area contributed by atoms with Gasteiger partial charge in [-0.05, 0) is 23.8 Å². The van der Waals surface area contributed by atoms with Crippen LogP contribution in [0.25, 0.3) is 0 Å². The quantitative estimate of drug-likeness (QED) is 0.426. The molecule has 2 N–H and O–H groups in total. The molecule has 1 aromatic rings. The third-order valence-corrected chi connectivity index (χ3v) is 2.93. The maximum absolute atomic E-state index is 11.0. The molecule has 0 aliphatic carbocycles. The van der Waals surface area contributed by atoms with Crippen LogP contribution >= 0.6 is 11.7 Å². The molecule has 1 rings (SSSR count). The molecule has 0 radical (unpaired) electrons. The molecule has 72 valence electrons. The summed E-state index contributed by atoms with van der Waals surface area (Å²) >= 11 is 3.37. The maximum atomic E-state index is 11.0. The molecule has 0 saturated heterocycles. The van der Waals surface area contributed by atoms with E-state index in [1.165, 1.54) is 24.3 Å². The van der Waals surface area contributed by atoms with Crippen LogP contribution in [0.15, 0.2) is 29.2 Å². The van der Waals surface area contributed by atoms with Gasteiger partial charge in [-0.3, -0.25) is 4.79 Å². The molecule has 1 aromatic carbocycles. The van der Waals surface area contributed by atoms with Gasteiger partial charge in [0.1, 0.15) is 0 Å². The Bertz CT molecular complexity index is 444. The normalized spacial score (nSPS) is 10.4. The predicted octanol–water partition coefficient (Wildman–Crippen LogP) is -0.244. The van der Waals surface area contributed by atoms with Crippen molar-refractivity contribution in [2.45, 2.75) is 4.90 Å².